The summed E-state index contributed by atoms with van der Waals surface area (Å²) in [6, 6.07) is 0. The number of fused-ring (bicyclic) bond motifs is 2. The van der Waals surface area contributed by atoms with Crippen molar-refractivity contribution in [3.8, 4) is 23.5 Å². The fraction of sp³-hybridized carbons (Fsp3) is 0.200. The van der Waals surface area contributed by atoms with Gasteiger partial charge in [0.25, 0.3) is 0 Å². The SMILES string of the molecule is Oc1[nH]c(O)c2c1Cc1c(O)[nH]c(O)c1C2. The second kappa shape index (κ2) is 2.66. The summed E-state index contributed by atoms with van der Waals surface area (Å²) in [4.78, 5) is 4.84. The van der Waals surface area contributed by atoms with Gasteiger partial charge in [0.1, 0.15) is 0 Å². The largest absolute Gasteiger partial charge is 0.494 e. The van der Waals surface area contributed by atoms with Gasteiger partial charge < -0.3 is 20.4 Å². The zero-order valence-electron chi connectivity index (χ0n) is 8.20. The quantitative estimate of drug-likeness (QED) is 0.335. The van der Waals surface area contributed by atoms with Crippen molar-refractivity contribution in [1.82, 2.24) is 9.97 Å². The lowest BCUT2D eigenvalue weighted by atomic mass is 9.90. The lowest BCUT2D eigenvalue weighted by molar-refractivity contribution is 0.420. The third kappa shape index (κ3) is 0.955. The standard InChI is InChI=1S/C10H10N2O4/c13-7-3-1-4-6(10(16)12-8(4)14)2-5(3)9(15)11-7/h11-16H,1-2H2. The topological polar surface area (TPSA) is 113 Å². The Morgan fingerprint density at radius 3 is 1.06 bits per heavy atom. The summed E-state index contributed by atoms with van der Waals surface area (Å²) < 4.78 is 0. The molecular formula is C10H10N2O4. The van der Waals surface area contributed by atoms with E-state index in [1.54, 1.807) is 0 Å². The van der Waals surface area contributed by atoms with Crippen LogP contribution in [0.3, 0.4) is 0 Å². The molecule has 0 amide bonds. The van der Waals surface area contributed by atoms with Crippen LogP contribution in [0.15, 0.2) is 0 Å². The fourth-order valence-corrected chi connectivity index (χ4v) is 2.21. The number of aromatic hydroxyl groups is 4. The summed E-state index contributed by atoms with van der Waals surface area (Å²) in [6.07, 6.45) is 0.549. The molecule has 6 N–H and O–H groups in total. The van der Waals surface area contributed by atoms with E-state index in [1.165, 1.54) is 0 Å². The van der Waals surface area contributed by atoms with Crippen LogP contribution in [0.2, 0.25) is 0 Å². The van der Waals surface area contributed by atoms with Gasteiger partial charge in [-0.15, -0.1) is 0 Å². The molecule has 2 aromatic rings. The number of nitrogens with one attached hydrogen (secondary N) is 2. The Morgan fingerprint density at radius 2 is 0.812 bits per heavy atom. The maximum absolute atomic E-state index is 9.53. The predicted molar refractivity (Wildman–Crippen MR) is 53.9 cm³/mol. The van der Waals surface area contributed by atoms with Gasteiger partial charge in [-0.2, -0.15) is 0 Å². The summed E-state index contributed by atoms with van der Waals surface area (Å²) >= 11 is 0. The summed E-state index contributed by atoms with van der Waals surface area (Å²) in [5.41, 5.74) is 2.22. The Labute approximate surface area is 89.8 Å². The van der Waals surface area contributed by atoms with Crippen LogP contribution >= 0.6 is 0 Å². The smallest absolute Gasteiger partial charge is 0.195 e. The lowest BCUT2D eigenvalue weighted by Gasteiger charge is -2.12. The first-order valence-corrected chi connectivity index (χ1v) is 4.81. The van der Waals surface area contributed by atoms with Crippen LogP contribution in [0.4, 0.5) is 0 Å². The molecule has 0 aromatic carbocycles. The molecule has 0 aliphatic heterocycles. The van der Waals surface area contributed by atoms with Gasteiger partial charge in [0.05, 0.1) is 0 Å². The van der Waals surface area contributed by atoms with Gasteiger partial charge in [-0.05, 0) is 0 Å². The molecule has 1 aliphatic rings. The molecule has 2 heterocycles. The van der Waals surface area contributed by atoms with Gasteiger partial charge in [-0.1, -0.05) is 0 Å². The molecule has 3 rings (SSSR count). The van der Waals surface area contributed by atoms with Gasteiger partial charge in [-0.25, -0.2) is 0 Å². The maximum Gasteiger partial charge on any atom is 0.195 e. The Bertz CT molecular complexity index is 485. The van der Waals surface area contributed by atoms with Gasteiger partial charge in [0, 0.05) is 35.1 Å². The van der Waals surface area contributed by atoms with Crippen LogP contribution in [-0.2, 0) is 12.8 Å². The van der Waals surface area contributed by atoms with Crippen molar-refractivity contribution >= 4 is 0 Å². The highest BCUT2D eigenvalue weighted by Gasteiger charge is 2.29. The molecule has 0 unspecified atom stereocenters. The molecule has 0 radical (unpaired) electrons. The van der Waals surface area contributed by atoms with E-state index in [9.17, 15) is 20.4 Å². The number of hydrogen-bond donors (Lipinski definition) is 6. The molecule has 2 aromatic heterocycles. The van der Waals surface area contributed by atoms with E-state index in [2.05, 4.69) is 9.97 Å². The number of aromatic amines is 2. The van der Waals surface area contributed by atoms with Crippen LogP contribution in [0, 0.1) is 0 Å². The Balaban J connectivity index is 2.20. The molecule has 84 valence electrons. The van der Waals surface area contributed by atoms with Gasteiger partial charge in [-0.3, -0.25) is 9.97 Å². The minimum absolute atomic E-state index is 0.0989. The van der Waals surface area contributed by atoms with E-state index in [4.69, 9.17) is 0 Å². The average Bonchev–Trinajstić information content (AvgIpc) is 2.67. The predicted octanol–water partition coefficient (Wildman–Crippen LogP) is 0.660. The van der Waals surface area contributed by atoms with Gasteiger partial charge in [0.2, 0.25) is 0 Å². The van der Waals surface area contributed by atoms with Crippen molar-refractivity contribution in [2.75, 3.05) is 0 Å². The van der Waals surface area contributed by atoms with E-state index in [-0.39, 0.29) is 36.4 Å². The first-order valence-electron chi connectivity index (χ1n) is 4.81. The minimum Gasteiger partial charge on any atom is -0.494 e. The summed E-state index contributed by atoms with van der Waals surface area (Å²) in [7, 11) is 0. The van der Waals surface area contributed by atoms with Crippen LogP contribution in [-0.4, -0.2) is 30.4 Å². The molecule has 0 bridgehead atoms. The molecule has 16 heavy (non-hydrogen) atoms. The summed E-state index contributed by atoms with van der Waals surface area (Å²) in [5.74, 6) is -0.395. The highest BCUT2D eigenvalue weighted by Crippen LogP contribution is 2.43. The maximum atomic E-state index is 9.53. The van der Waals surface area contributed by atoms with Crippen molar-refractivity contribution < 1.29 is 20.4 Å². The number of aromatic nitrogens is 2. The normalized spacial score (nSPS) is 13.5. The van der Waals surface area contributed by atoms with Crippen LogP contribution in [0.1, 0.15) is 22.3 Å². The summed E-state index contributed by atoms with van der Waals surface area (Å²) in [5, 5.41) is 38.1. The van der Waals surface area contributed by atoms with E-state index >= 15 is 0 Å². The van der Waals surface area contributed by atoms with Crippen LogP contribution in [0.5, 0.6) is 23.5 Å². The Morgan fingerprint density at radius 1 is 0.562 bits per heavy atom. The molecule has 0 atom stereocenters. The van der Waals surface area contributed by atoms with E-state index in [1.807, 2.05) is 0 Å². The minimum atomic E-state index is -0.0989. The zero-order valence-corrected chi connectivity index (χ0v) is 8.20. The number of H-pyrrole nitrogens is 2. The van der Waals surface area contributed by atoms with E-state index in [0.717, 1.165) is 0 Å². The third-order valence-corrected chi connectivity index (χ3v) is 3.05. The van der Waals surface area contributed by atoms with Crippen LogP contribution in [0.25, 0.3) is 0 Å². The molecule has 0 spiro atoms. The average molecular weight is 222 g/mol. The van der Waals surface area contributed by atoms with Crippen molar-refractivity contribution in [3.63, 3.8) is 0 Å². The number of hydrogen-bond acceptors (Lipinski definition) is 4. The second-order valence-corrected chi connectivity index (χ2v) is 3.91. The zero-order chi connectivity index (χ0) is 11.4. The third-order valence-electron chi connectivity index (χ3n) is 3.05. The highest BCUT2D eigenvalue weighted by molar-refractivity contribution is 5.58. The van der Waals surface area contributed by atoms with Crippen molar-refractivity contribution in [3.05, 3.63) is 22.3 Å². The molecule has 0 saturated heterocycles. The first kappa shape index (κ1) is 9.02. The monoisotopic (exact) mass is 222 g/mol. The van der Waals surface area contributed by atoms with Crippen molar-refractivity contribution in [2.24, 2.45) is 0 Å². The lowest BCUT2D eigenvalue weighted by Crippen LogP contribution is -2.03. The van der Waals surface area contributed by atoms with Crippen molar-refractivity contribution in [2.45, 2.75) is 12.8 Å². The fourth-order valence-electron chi connectivity index (χ4n) is 2.21. The molecule has 6 heteroatoms. The molecule has 0 saturated carbocycles. The van der Waals surface area contributed by atoms with Gasteiger partial charge in [0.15, 0.2) is 23.5 Å². The van der Waals surface area contributed by atoms with Gasteiger partial charge >= 0.3 is 0 Å². The Hall–Kier alpha value is -2.24. The second-order valence-electron chi connectivity index (χ2n) is 3.91. The molecule has 0 fully saturated rings. The van der Waals surface area contributed by atoms with Crippen molar-refractivity contribution in [1.29, 1.82) is 0 Å². The van der Waals surface area contributed by atoms with E-state index < -0.39 is 0 Å². The summed E-state index contributed by atoms with van der Waals surface area (Å²) in [6.45, 7) is 0. The number of rotatable bonds is 0. The van der Waals surface area contributed by atoms with Crippen LogP contribution < -0.4 is 0 Å². The Kier molecular flexibility index (Phi) is 1.50. The van der Waals surface area contributed by atoms with E-state index in [0.29, 0.717) is 22.3 Å². The molecule has 1 aliphatic carbocycles. The highest BCUT2D eigenvalue weighted by atomic mass is 16.3. The molecule has 6 nitrogen and oxygen atoms in total. The molecular weight excluding hydrogens is 212 g/mol. The first-order chi connectivity index (χ1) is 7.58.